The van der Waals surface area contributed by atoms with Crippen LogP contribution in [-0.4, -0.2) is 62.4 Å². The minimum absolute atomic E-state index is 0.0567. The van der Waals surface area contributed by atoms with Crippen molar-refractivity contribution in [2.75, 3.05) is 18.8 Å². The van der Waals surface area contributed by atoms with Crippen molar-refractivity contribution in [3.8, 4) is 11.4 Å². The Balaban J connectivity index is 0.000000195. The lowest BCUT2D eigenvalue weighted by Crippen LogP contribution is -2.44. The average Bonchev–Trinajstić information content (AvgIpc) is 3.04. The molecule has 0 aromatic carbocycles. The number of alkyl halides is 2. The Morgan fingerprint density at radius 1 is 1.19 bits per heavy atom. The van der Waals surface area contributed by atoms with Crippen LogP contribution < -0.4 is 5.73 Å². The van der Waals surface area contributed by atoms with Gasteiger partial charge in [0.05, 0.1) is 23.0 Å². The van der Waals surface area contributed by atoms with E-state index in [1.807, 2.05) is 0 Å². The fourth-order valence-corrected chi connectivity index (χ4v) is 4.14. The summed E-state index contributed by atoms with van der Waals surface area (Å²) in [5.41, 5.74) is 5.59. The molecule has 1 saturated heterocycles. The highest BCUT2D eigenvalue weighted by Crippen LogP contribution is 2.26. The highest BCUT2D eigenvalue weighted by atomic mass is 35.5. The highest BCUT2D eigenvalue weighted by molar-refractivity contribution is 7.89. The van der Waals surface area contributed by atoms with E-state index in [9.17, 15) is 26.0 Å². The molecule has 0 bridgehead atoms. The van der Waals surface area contributed by atoms with E-state index in [4.69, 9.17) is 22.4 Å². The van der Waals surface area contributed by atoms with Crippen LogP contribution in [0, 0.1) is 11.6 Å². The number of pyridine rings is 1. The number of rotatable bonds is 3. The number of fused-ring (bicyclic) bond motifs is 1. The van der Waals surface area contributed by atoms with Gasteiger partial charge in [0.2, 0.25) is 5.95 Å². The fourth-order valence-electron chi connectivity index (χ4n) is 3.00. The molecule has 1 aliphatic rings. The van der Waals surface area contributed by atoms with Crippen LogP contribution in [0.25, 0.3) is 16.9 Å². The smallest absolute Gasteiger partial charge is 0.350 e. The van der Waals surface area contributed by atoms with Crippen molar-refractivity contribution in [1.82, 2.24) is 23.9 Å². The lowest BCUT2D eigenvalue weighted by molar-refractivity contribution is 0.103. The van der Waals surface area contributed by atoms with E-state index in [1.165, 1.54) is 12.4 Å². The molecule has 3 aromatic rings. The molecule has 3 N–H and O–H groups in total. The van der Waals surface area contributed by atoms with E-state index < -0.39 is 33.5 Å². The number of halogens is 5. The minimum Gasteiger partial charge on any atom is -0.392 e. The summed E-state index contributed by atoms with van der Waals surface area (Å²) in [4.78, 5) is 7.53. The molecule has 0 saturated carbocycles. The van der Waals surface area contributed by atoms with Crippen LogP contribution in [0.4, 0.5) is 23.5 Å². The molecular formula is C17H17ClF4N6O3S. The molecule has 3 aromatic heterocycles. The van der Waals surface area contributed by atoms with E-state index in [1.54, 1.807) is 0 Å². The first-order valence-corrected chi connectivity index (χ1v) is 10.9. The second-order valence-electron chi connectivity index (χ2n) is 6.73. The summed E-state index contributed by atoms with van der Waals surface area (Å²) in [5, 5.41) is 13.1. The molecule has 1 unspecified atom stereocenters. The third-order valence-corrected chi connectivity index (χ3v) is 6.19. The van der Waals surface area contributed by atoms with Crippen molar-refractivity contribution in [1.29, 1.82) is 0 Å². The molecule has 0 aliphatic carbocycles. The number of nitrogens with two attached hydrogens (primary N) is 1. The van der Waals surface area contributed by atoms with Gasteiger partial charge in [0, 0.05) is 25.4 Å². The summed E-state index contributed by atoms with van der Waals surface area (Å²) >= 11 is 5.62. The molecule has 0 radical (unpaired) electrons. The first-order valence-electron chi connectivity index (χ1n) is 9.07. The summed E-state index contributed by atoms with van der Waals surface area (Å²) in [7, 11) is -4.49. The molecule has 4 heterocycles. The summed E-state index contributed by atoms with van der Waals surface area (Å²) in [6.07, 6.45) is 2.56. The molecule has 32 heavy (non-hydrogen) atoms. The van der Waals surface area contributed by atoms with E-state index >= 15 is 0 Å². The van der Waals surface area contributed by atoms with Crippen molar-refractivity contribution in [2.45, 2.75) is 24.7 Å². The van der Waals surface area contributed by atoms with Crippen molar-refractivity contribution in [2.24, 2.45) is 0 Å². The minimum atomic E-state index is -4.49. The van der Waals surface area contributed by atoms with Gasteiger partial charge >= 0.3 is 5.76 Å². The average molecular weight is 497 g/mol. The molecule has 15 heteroatoms. The Hall–Kier alpha value is -2.55. The van der Waals surface area contributed by atoms with Gasteiger partial charge in [0.25, 0.3) is 10.0 Å². The maximum absolute atomic E-state index is 13.8. The first-order chi connectivity index (χ1) is 15.0. The summed E-state index contributed by atoms with van der Waals surface area (Å²) < 4.78 is 75.1. The normalized spacial score (nSPS) is 17.4. The highest BCUT2D eigenvalue weighted by Gasteiger charge is 2.34. The van der Waals surface area contributed by atoms with Crippen LogP contribution in [0.1, 0.15) is 12.8 Å². The zero-order chi connectivity index (χ0) is 23.6. The van der Waals surface area contributed by atoms with Gasteiger partial charge < -0.3 is 10.8 Å². The van der Waals surface area contributed by atoms with Crippen LogP contribution >= 0.6 is 11.6 Å². The second kappa shape index (κ2) is 9.52. The Labute approximate surface area is 184 Å². The predicted octanol–water partition coefficient (Wildman–Crippen LogP) is 2.30. The quantitative estimate of drug-likeness (QED) is 0.533. The maximum atomic E-state index is 13.8. The zero-order valence-corrected chi connectivity index (χ0v) is 17.7. The van der Waals surface area contributed by atoms with Crippen LogP contribution in [0.15, 0.2) is 24.5 Å². The molecule has 174 valence electrons. The molecule has 4 rings (SSSR count). The predicted molar refractivity (Wildman–Crippen MR) is 107 cm³/mol. The number of nitrogen functional groups attached to an aromatic ring is 1. The van der Waals surface area contributed by atoms with Crippen LogP contribution in [-0.2, 0) is 10.0 Å². The molecule has 1 fully saturated rings. The SMILES string of the molecule is Nc1ncc2c(F)cc(-c3ncc(Cl)cc3F)n2n1.O=S(=O)(C(F)F)N1CCCC(O)C1. The summed E-state index contributed by atoms with van der Waals surface area (Å²) in [6, 6.07) is 2.20. The molecular weight excluding hydrogens is 480 g/mol. The number of anilines is 1. The fraction of sp³-hybridized carbons (Fsp3) is 0.353. The van der Waals surface area contributed by atoms with Gasteiger partial charge in [-0.05, 0) is 18.9 Å². The van der Waals surface area contributed by atoms with Gasteiger partial charge in [0.1, 0.15) is 11.2 Å². The number of hydrogen-bond donors (Lipinski definition) is 2. The first kappa shape index (κ1) is 24.1. The Morgan fingerprint density at radius 2 is 1.91 bits per heavy atom. The summed E-state index contributed by atoms with van der Waals surface area (Å²) in [6.45, 7) is -0.142. The Bertz CT molecular complexity index is 1230. The Kier molecular flexibility index (Phi) is 7.17. The van der Waals surface area contributed by atoms with Crippen LogP contribution in [0.3, 0.4) is 0 Å². The topological polar surface area (TPSA) is 127 Å². The van der Waals surface area contributed by atoms with Crippen LogP contribution in [0.5, 0.6) is 0 Å². The largest absolute Gasteiger partial charge is 0.392 e. The van der Waals surface area contributed by atoms with Gasteiger partial charge in [-0.1, -0.05) is 11.6 Å². The molecule has 0 spiro atoms. The van der Waals surface area contributed by atoms with Gasteiger partial charge in [-0.2, -0.15) is 13.1 Å². The molecule has 1 atom stereocenters. The Morgan fingerprint density at radius 3 is 2.53 bits per heavy atom. The van der Waals surface area contributed by atoms with Gasteiger partial charge in [-0.15, -0.1) is 5.10 Å². The number of aliphatic hydroxyl groups excluding tert-OH is 1. The van der Waals surface area contributed by atoms with Crippen molar-refractivity contribution < 1.29 is 31.1 Å². The second-order valence-corrected chi connectivity index (χ2v) is 9.07. The van der Waals surface area contributed by atoms with Crippen molar-refractivity contribution in [3.63, 3.8) is 0 Å². The number of aromatic nitrogens is 4. The van der Waals surface area contributed by atoms with Crippen LogP contribution in [0.2, 0.25) is 5.02 Å². The molecule has 9 nitrogen and oxygen atoms in total. The van der Waals surface area contributed by atoms with E-state index in [2.05, 4.69) is 15.1 Å². The third-order valence-electron chi connectivity index (χ3n) is 4.48. The standard InChI is InChI=1S/C11H6ClF2N5.C6H11F2NO3S/c12-5-1-7(14)10(16-3-5)8-2-6(13)9-4-17-11(15)18-19(8)9;7-6(8)13(11,12)9-3-1-2-5(10)4-9/h1-4H,(H2,15,18);5-6,10H,1-4H2. The van der Waals surface area contributed by atoms with E-state index in [0.29, 0.717) is 17.1 Å². The summed E-state index contributed by atoms with van der Waals surface area (Å²) in [5.74, 6) is -4.72. The van der Waals surface area contributed by atoms with E-state index in [0.717, 1.165) is 16.6 Å². The maximum Gasteiger partial charge on any atom is 0.350 e. The number of sulfonamides is 1. The lowest BCUT2D eigenvalue weighted by Gasteiger charge is -2.28. The number of aliphatic hydroxyl groups is 1. The van der Waals surface area contributed by atoms with Gasteiger partial charge in [0.15, 0.2) is 11.6 Å². The number of piperidine rings is 1. The van der Waals surface area contributed by atoms with E-state index in [-0.39, 0.29) is 41.0 Å². The number of hydrogen-bond acceptors (Lipinski definition) is 7. The van der Waals surface area contributed by atoms with Gasteiger partial charge in [-0.3, -0.25) is 0 Å². The number of β-amino-alcohol motifs (C(OH)–C–C–N with tert-alkyl or cyclic N) is 1. The number of nitrogens with zero attached hydrogens (tertiary/aromatic N) is 5. The lowest BCUT2D eigenvalue weighted by atomic mass is 10.1. The van der Waals surface area contributed by atoms with Gasteiger partial charge in [-0.25, -0.2) is 31.7 Å². The molecule has 1 aliphatic heterocycles. The third kappa shape index (κ3) is 5.09. The zero-order valence-electron chi connectivity index (χ0n) is 16.2. The molecule has 0 amide bonds. The van der Waals surface area contributed by atoms with Crippen molar-refractivity contribution in [3.05, 3.63) is 41.2 Å². The van der Waals surface area contributed by atoms with Crippen molar-refractivity contribution >= 4 is 33.1 Å². The monoisotopic (exact) mass is 496 g/mol.